The Bertz CT molecular complexity index is 579. The first kappa shape index (κ1) is 13.7. The molecule has 0 aliphatic carbocycles. The van der Waals surface area contributed by atoms with Gasteiger partial charge in [0.25, 0.3) is 0 Å². The van der Waals surface area contributed by atoms with Crippen LogP contribution in [-0.4, -0.2) is 22.6 Å². The molecular weight excluding hydrogens is 260 g/mol. The molecule has 0 radical (unpaired) electrons. The number of allylic oxidation sites excluding steroid dienone is 1. The molecule has 0 spiro atoms. The summed E-state index contributed by atoms with van der Waals surface area (Å²) in [6, 6.07) is 8.62. The van der Waals surface area contributed by atoms with Crippen molar-refractivity contribution in [1.82, 2.24) is 9.55 Å². The molecule has 4 heteroatoms. The summed E-state index contributed by atoms with van der Waals surface area (Å²) in [5.41, 5.74) is 2.38. The molecule has 1 N–H and O–H groups in total. The third-order valence-electron chi connectivity index (χ3n) is 3.89. The van der Waals surface area contributed by atoms with Crippen LogP contribution in [0.15, 0.2) is 49.3 Å². The number of rotatable bonds is 5. The predicted molar refractivity (Wildman–Crippen MR) is 88.2 cm³/mol. The minimum absolute atomic E-state index is 0.758. The van der Waals surface area contributed by atoms with Gasteiger partial charge in [-0.2, -0.15) is 0 Å². The number of piperidine rings is 1. The Balaban J connectivity index is 1.69. The number of nitrogens with zero attached hydrogens (tertiary/aromatic N) is 3. The highest BCUT2D eigenvalue weighted by atomic mass is 15.2. The summed E-state index contributed by atoms with van der Waals surface area (Å²) in [7, 11) is 0. The molecule has 21 heavy (non-hydrogen) atoms. The third-order valence-corrected chi connectivity index (χ3v) is 3.89. The average molecular weight is 282 g/mol. The van der Waals surface area contributed by atoms with Crippen molar-refractivity contribution in [2.75, 3.05) is 23.3 Å². The maximum absolute atomic E-state index is 4.34. The molecule has 2 heterocycles. The maximum Gasteiger partial charge on any atom is 0.207 e. The van der Waals surface area contributed by atoms with Crippen LogP contribution in [0.25, 0.3) is 0 Å². The molecule has 1 aliphatic heterocycles. The van der Waals surface area contributed by atoms with E-state index in [0.29, 0.717) is 0 Å². The zero-order valence-corrected chi connectivity index (χ0v) is 12.3. The number of hydrogen-bond acceptors (Lipinski definition) is 3. The smallest absolute Gasteiger partial charge is 0.207 e. The number of aromatic nitrogens is 2. The monoisotopic (exact) mass is 282 g/mol. The van der Waals surface area contributed by atoms with E-state index in [1.807, 2.05) is 16.8 Å². The molecule has 2 aromatic rings. The second kappa shape index (κ2) is 6.48. The lowest BCUT2D eigenvalue weighted by atomic mass is 10.1. The fraction of sp³-hybridized carbons (Fsp3) is 0.353. The van der Waals surface area contributed by atoms with Crippen molar-refractivity contribution in [1.29, 1.82) is 0 Å². The Hall–Kier alpha value is -2.23. The molecule has 0 bridgehead atoms. The van der Waals surface area contributed by atoms with E-state index in [2.05, 4.69) is 46.0 Å². The summed E-state index contributed by atoms with van der Waals surface area (Å²) in [6.07, 6.45) is 9.59. The number of imidazole rings is 1. The third kappa shape index (κ3) is 3.27. The Labute approximate surface area is 126 Å². The molecule has 1 aromatic carbocycles. The van der Waals surface area contributed by atoms with E-state index < -0.39 is 0 Å². The highest BCUT2D eigenvalue weighted by Gasteiger charge is 2.10. The van der Waals surface area contributed by atoms with Crippen LogP contribution in [-0.2, 0) is 6.54 Å². The minimum atomic E-state index is 0.758. The van der Waals surface area contributed by atoms with Gasteiger partial charge in [-0.15, -0.1) is 6.58 Å². The van der Waals surface area contributed by atoms with Gasteiger partial charge in [0, 0.05) is 43.4 Å². The van der Waals surface area contributed by atoms with Crippen molar-refractivity contribution >= 4 is 17.3 Å². The van der Waals surface area contributed by atoms with E-state index in [9.17, 15) is 0 Å². The SMILES string of the molecule is C=CCn1ccnc1Nc1ccc(N2CCCCC2)cc1. The van der Waals surface area contributed by atoms with Crippen molar-refractivity contribution in [3.63, 3.8) is 0 Å². The molecule has 1 aromatic heterocycles. The van der Waals surface area contributed by atoms with Gasteiger partial charge in [-0.3, -0.25) is 0 Å². The average Bonchev–Trinajstić information content (AvgIpc) is 2.96. The molecule has 0 unspecified atom stereocenters. The first-order valence-electron chi connectivity index (χ1n) is 7.61. The zero-order valence-electron chi connectivity index (χ0n) is 12.3. The van der Waals surface area contributed by atoms with Crippen LogP contribution in [0.1, 0.15) is 19.3 Å². The highest BCUT2D eigenvalue weighted by Crippen LogP contribution is 2.23. The fourth-order valence-electron chi connectivity index (χ4n) is 2.76. The van der Waals surface area contributed by atoms with Gasteiger partial charge in [-0.25, -0.2) is 4.98 Å². The summed E-state index contributed by atoms with van der Waals surface area (Å²) in [5, 5.41) is 3.35. The zero-order chi connectivity index (χ0) is 14.5. The Kier molecular flexibility index (Phi) is 4.24. The lowest BCUT2D eigenvalue weighted by Crippen LogP contribution is -2.29. The van der Waals surface area contributed by atoms with Gasteiger partial charge in [0.15, 0.2) is 0 Å². The van der Waals surface area contributed by atoms with Crippen LogP contribution < -0.4 is 10.2 Å². The van der Waals surface area contributed by atoms with Crippen LogP contribution in [0.5, 0.6) is 0 Å². The van der Waals surface area contributed by atoms with Crippen LogP contribution >= 0.6 is 0 Å². The molecular formula is C17H22N4. The fourth-order valence-corrected chi connectivity index (χ4v) is 2.76. The minimum Gasteiger partial charge on any atom is -0.372 e. The first-order chi connectivity index (χ1) is 10.4. The van der Waals surface area contributed by atoms with Crippen LogP contribution in [0.3, 0.4) is 0 Å². The summed E-state index contributed by atoms with van der Waals surface area (Å²) in [4.78, 5) is 6.80. The van der Waals surface area contributed by atoms with Gasteiger partial charge in [0.05, 0.1) is 0 Å². The van der Waals surface area contributed by atoms with Gasteiger partial charge >= 0.3 is 0 Å². The summed E-state index contributed by atoms with van der Waals surface area (Å²) in [6.45, 7) is 6.88. The highest BCUT2D eigenvalue weighted by molar-refractivity contribution is 5.59. The Morgan fingerprint density at radius 3 is 2.62 bits per heavy atom. The van der Waals surface area contributed by atoms with Crippen molar-refractivity contribution < 1.29 is 0 Å². The number of benzene rings is 1. The predicted octanol–water partition coefficient (Wildman–Crippen LogP) is 3.80. The number of anilines is 3. The standard InChI is InChI=1S/C17H22N4/c1-2-11-21-14-10-18-17(21)19-15-6-8-16(9-7-15)20-12-4-3-5-13-20/h2,6-10,14H,1,3-5,11-13H2,(H,18,19). The Morgan fingerprint density at radius 1 is 1.14 bits per heavy atom. The molecule has 1 fully saturated rings. The normalized spacial score (nSPS) is 15.0. The van der Waals surface area contributed by atoms with Gasteiger partial charge in [-0.05, 0) is 43.5 Å². The van der Waals surface area contributed by atoms with E-state index in [4.69, 9.17) is 0 Å². The maximum atomic E-state index is 4.34. The number of hydrogen-bond donors (Lipinski definition) is 1. The molecule has 0 saturated carbocycles. The Morgan fingerprint density at radius 2 is 1.90 bits per heavy atom. The van der Waals surface area contributed by atoms with Gasteiger partial charge in [-0.1, -0.05) is 6.08 Å². The van der Waals surface area contributed by atoms with E-state index in [0.717, 1.165) is 18.2 Å². The van der Waals surface area contributed by atoms with E-state index >= 15 is 0 Å². The van der Waals surface area contributed by atoms with E-state index in [1.165, 1.54) is 38.0 Å². The summed E-state index contributed by atoms with van der Waals surface area (Å²) in [5.74, 6) is 0.848. The van der Waals surface area contributed by atoms with Gasteiger partial charge in [0.1, 0.15) is 0 Å². The molecule has 110 valence electrons. The van der Waals surface area contributed by atoms with Gasteiger partial charge < -0.3 is 14.8 Å². The quantitative estimate of drug-likeness (QED) is 0.847. The molecule has 4 nitrogen and oxygen atoms in total. The van der Waals surface area contributed by atoms with Crippen molar-refractivity contribution in [3.8, 4) is 0 Å². The lowest BCUT2D eigenvalue weighted by Gasteiger charge is -2.28. The first-order valence-corrected chi connectivity index (χ1v) is 7.61. The topological polar surface area (TPSA) is 33.1 Å². The van der Waals surface area contributed by atoms with Crippen molar-refractivity contribution in [2.45, 2.75) is 25.8 Å². The molecule has 0 amide bonds. The lowest BCUT2D eigenvalue weighted by molar-refractivity contribution is 0.578. The van der Waals surface area contributed by atoms with E-state index in [-0.39, 0.29) is 0 Å². The van der Waals surface area contributed by atoms with Gasteiger partial charge in [0.2, 0.25) is 5.95 Å². The molecule has 3 rings (SSSR count). The number of nitrogens with one attached hydrogen (secondary N) is 1. The largest absolute Gasteiger partial charge is 0.372 e. The summed E-state index contributed by atoms with van der Waals surface area (Å²) >= 11 is 0. The van der Waals surface area contributed by atoms with Crippen molar-refractivity contribution in [3.05, 3.63) is 49.3 Å². The molecule has 1 saturated heterocycles. The summed E-state index contributed by atoms with van der Waals surface area (Å²) < 4.78 is 2.03. The second-order valence-corrected chi connectivity index (χ2v) is 5.41. The van der Waals surface area contributed by atoms with Crippen LogP contribution in [0, 0.1) is 0 Å². The second-order valence-electron chi connectivity index (χ2n) is 5.41. The van der Waals surface area contributed by atoms with E-state index in [1.54, 1.807) is 6.20 Å². The molecule has 0 atom stereocenters. The van der Waals surface area contributed by atoms with Crippen LogP contribution in [0.2, 0.25) is 0 Å². The molecule has 1 aliphatic rings. The van der Waals surface area contributed by atoms with Crippen molar-refractivity contribution in [2.24, 2.45) is 0 Å². The van der Waals surface area contributed by atoms with Crippen LogP contribution in [0.4, 0.5) is 17.3 Å².